The van der Waals surface area contributed by atoms with Crippen molar-refractivity contribution in [2.75, 3.05) is 26.2 Å². The Morgan fingerprint density at radius 1 is 0.938 bits per heavy atom. The smallest absolute Gasteiger partial charge is 0.276 e. The fraction of sp³-hybridized carbons (Fsp3) is 0.217. The van der Waals surface area contributed by atoms with E-state index < -0.39 is 0 Å². The Kier molecular flexibility index (Phi) is 6.94. The van der Waals surface area contributed by atoms with Gasteiger partial charge in [0.15, 0.2) is 5.69 Å². The number of carbonyl (C=O) groups excluding carboxylic acids is 1. The highest BCUT2D eigenvalue weighted by Crippen LogP contribution is 2.24. The van der Waals surface area contributed by atoms with Crippen LogP contribution >= 0.6 is 23.7 Å². The standard InChI is InChI=1S/C23H22N6OS.ClH/c30-23(21-15-24-29(26-21)20-9-5-2-6-10-20)28-13-11-27(12-14-28)16-19-17-31-22(25-19)18-7-3-1-4-8-18;/h1-10,15,17H,11-14,16H2;1H. The third-order valence-corrected chi connectivity index (χ3v) is 6.26. The second kappa shape index (κ2) is 10.0. The number of halogens is 1. The van der Waals surface area contributed by atoms with Crippen LogP contribution in [0.2, 0.25) is 0 Å². The lowest BCUT2D eigenvalue weighted by Crippen LogP contribution is -2.48. The molecule has 0 atom stereocenters. The van der Waals surface area contributed by atoms with Gasteiger partial charge in [0.1, 0.15) is 5.01 Å². The first-order valence-electron chi connectivity index (χ1n) is 10.3. The Bertz CT molecular complexity index is 1160. The molecule has 2 aromatic carbocycles. The molecule has 32 heavy (non-hydrogen) atoms. The Morgan fingerprint density at radius 2 is 1.62 bits per heavy atom. The first-order valence-corrected chi connectivity index (χ1v) is 11.1. The summed E-state index contributed by atoms with van der Waals surface area (Å²) in [5.41, 5.74) is 3.45. The quantitative estimate of drug-likeness (QED) is 0.448. The summed E-state index contributed by atoms with van der Waals surface area (Å²) in [6.45, 7) is 3.78. The van der Waals surface area contributed by atoms with Crippen molar-refractivity contribution >= 4 is 29.7 Å². The summed E-state index contributed by atoms with van der Waals surface area (Å²) in [5, 5.41) is 11.8. The van der Waals surface area contributed by atoms with Crippen LogP contribution < -0.4 is 0 Å². The van der Waals surface area contributed by atoms with Crippen LogP contribution in [0.15, 0.2) is 72.2 Å². The zero-order valence-electron chi connectivity index (χ0n) is 17.4. The zero-order chi connectivity index (χ0) is 21.0. The molecule has 0 bridgehead atoms. The predicted octanol–water partition coefficient (Wildman–Crippen LogP) is 3.77. The Hall–Kier alpha value is -3.07. The van der Waals surface area contributed by atoms with Crippen LogP contribution in [-0.4, -0.2) is 61.9 Å². The lowest BCUT2D eigenvalue weighted by atomic mass is 10.2. The molecule has 1 aliphatic rings. The molecule has 1 fully saturated rings. The van der Waals surface area contributed by atoms with Crippen molar-refractivity contribution in [2.24, 2.45) is 0 Å². The normalized spacial score (nSPS) is 14.2. The molecule has 2 aromatic heterocycles. The monoisotopic (exact) mass is 466 g/mol. The number of aromatic nitrogens is 4. The molecule has 1 amide bonds. The van der Waals surface area contributed by atoms with E-state index >= 15 is 0 Å². The number of rotatable bonds is 5. The van der Waals surface area contributed by atoms with Crippen molar-refractivity contribution in [3.8, 4) is 16.3 Å². The van der Waals surface area contributed by atoms with Crippen molar-refractivity contribution in [3.05, 3.63) is 83.6 Å². The Labute approximate surface area is 196 Å². The van der Waals surface area contributed by atoms with Crippen molar-refractivity contribution in [1.82, 2.24) is 29.8 Å². The maximum atomic E-state index is 12.9. The van der Waals surface area contributed by atoms with Gasteiger partial charge in [0.2, 0.25) is 0 Å². The first-order chi connectivity index (χ1) is 15.3. The van der Waals surface area contributed by atoms with Gasteiger partial charge in [-0.3, -0.25) is 9.69 Å². The summed E-state index contributed by atoms with van der Waals surface area (Å²) in [6.07, 6.45) is 1.54. The summed E-state index contributed by atoms with van der Waals surface area (Å²) in [7, 11) is 0. The molecule has 0 saturated carbocycles. The minimum absolute atomic E-state index is 0. The highest BCUT2D eigenvalue weighted by atomic mass is 35.5. The van der Waals surface area contributed by atoms with Gasteiger partial charge in [0.25, 0.3) is 5.91 Å². The molecule has 9 heteroatoms. The molecule has 0 unspecified atom stereocenters. The van der Waals surface area contributed by atoms with Gasteiger partial charge in [0.05, 0.1) is 17.6 Å². The number of benzene rings is 2. The summed E-state index contributed by atoms with van der Waals surface area (Å²) in [4.78, 5) is 23.3. The average molecular weight is 467 g/mol. The molecule has 7 nitrogen and oxygen atoms in total. The average Bonchev–Trinajstić information content (AvgIpc) is 3.51. The summed E-state index contributed by atoms with van der Waals surface area (Å²) in [6, 6.07) is 19.9. The van der Waals surface area contributed by atoms with Crippen molar-refractivity contribution < 1.29 is 4.79 Å². The van der Waals surface area contributed by atoms with Gasteiger partial charge in [-0.15, -0.1) is 28.8 Å². The van der Waals surface area contributed by atoms with Gasteiger partial charge < -0.3 is 4.90 Å². The van der Waals surface area contributed by atoms with Crippen molar-refractivity contribution in [1.29, 1.82) is 0 Å². The topological polar surface area (TPSA) is 67.2 Å². The van der Waals surface area contributed by atoms with Gasteiger partial charge in [-0.25, -0.2) is 4.98 Å². The Morgan fingerprint density at radius 3 is 2.34 bits per heavy atom. The number of piperazine rings is 1. The molecular weight excluding hydrogens is 444 g/mol. The van der Waals surface area contributed by atoms with Crippen LogP contribution in [0.5, 0.6) is 0 Å². The molecule has 3 heterocycles. The van der Waals surface area contributed by atoms with Crippen LogP contribution in [0.4, 0.5) is 0 Å². The molecule has 0 spiro atoms. The van der Waals surface area contributed by atoms with Crippen LogP contribution in [-0.2, 0) is 6.54 Å². The van der Waals surface area contributed by atoms with Gasteiger partial charge >= 0.3 is 0 Å². The van der Waals surface area contributed by atoms with Gasteiger partial charge in [-0.05, 0) is 12.1 Å². The van der Waals surface area contributed by atoms with Crippen molar-refractivity contribution in [3.63, 3.8) is 0 Å². The number of thiazole rings is 1. The number of carbonyl (C=O) groups is 1. The van der Waals surface area contributed by atoms with Crippen LogP contribution in [0.3, 0.4) is 0 Å². The molecule has 0 radical (unpaired) electrons. The maximum Gasteiger partial charge on any atom is 0.276 e. The van der Waals surface area contributed by atoms with Gasteiger partial charge in [-0.1, -0.05) is 48.5 Å². The van der Waals surface area contributed by atoms with Crippen molar-refractivity contribution in [2.45, 2.75) is 6.54 Å². The van der Waals surface area contributed by atoms with Crippen LogP contribution in [0, 0.1) is 0 Å². The molecule has 5 rings (SSSR count). The number of para-hydroxylation sites is 1. The lowest BCUT2D eigenvalue weighted by Gasteiger charge is -2.33. The van der Waals surface area contributed by atoms with Crippen LogP contribution in [0.25, 0.3) is 16.3 Å². The number of hydrogen-bond donors (Lipinski definition) is 0. The fourth-order valence-corrected chi connectivity index (χ4v) is 4.46. The number of hydrogen-bond acceptors (Lipinski definition) is 6. The minimum Gasteiger partial charge on any atom is -0.335 e. The molecule has 0 N–H and O–H groups in total. The van der Waals surface area contributed by atoms with E-state index in [1.54, 1.807) is 17.5 Å². The maximum absolute atomic E-state index is 12.9. The van der Waals surface area contributed by atoms with Gasteiger partial charge in [-0.2, -0.15) is 9.90 Å². The molecule has 1 saturated heterocycles. The highest BCUT2D eigenvalue weighted by Gasteiger charge is 2.24. The van der Waals surface area contributed by atoms with E-state index in [9.17, 15) is 4.79 Å². The lowest BCUT2D eigenvalue weighted by molar-refractivity contribution is 0.0621. The van der Waals surface area contributed by atoms with Gasteiger partial charge in [0, 0.05) is 43.7 Å². The fourth-order valence-electron chi connectivity index (χ4n) is 3.64. The van der Waals surface area contributed by atoms with E-state index in [-0.39, 0.29) is 18.3 Å². The SMILES string of the molecule is Cl.O=C(c1cnn(-c2ccccc2)n1)N1CCN(Cc2csc(-c3ccccc3)n2)CC1. The second-order valence-electron chi connectivity index (χ2n) is 7.43. The zero-order valence-corrected chi connectivity index (χ0v) is 19.0. The van der Waals surface area contributed by atoms with E-state index in [1.807, 2.05) is 53.4 Å². The second-order valence-corrected chi connectivity index (χ2v) is 8.29. The number of nitrogens with zero attached hydrogens (tertiary/aromatic N) is 6. The summed E-state index contributed by atoms with van der Waals surface area (Å²) >= 11 is 1.67. The van der Waals surface area contributed by atoms with E-state index in [1.165, 1.54) is 4.80 Å². The highest BCUT2D eigenvalue weighted by molar-refractivity contribution is 7.13. The van der Waals surface area contributed by atoms with Crippen LogP contribution in [0.1, 0.15) is 16.2 Å². The molecule has 164 valence electrons. The number of amides is 1. The van der Waals surface area contributed by atoms with E-state index in [2.05, 4.69) is 32.6 Å². The van der Waals surface area contributed by atoms with E-state index in [4.69, 9.17) is 4.98 Å². The van der Waals surface area contributed by atoms with E-state index in [0.29, 0.717) is 18.8 Å². The predicted molar refractivity (Wildman–Crippen MR) is 127 cm³/mol. The molecule has 1 aliphatic heterocycles. The third-order valence-electron chi connectivity index (χ3n) is 5.32. The summed E-state index contributed by atoms with van der Waals surface area (Å²) < 4.78 is 0. The minimum atomic E-state index is -0.0677. The largest absolute Gasteiger partial charge is 0.335 e. The molecule has 0 aliphatic carbocycles. The first kappa shape index (κ1) is 22.1. The summed E-state index contributed by atoms with van der Waals surface area (Å²) in [5.74, 6) is -0.0677. The molecular formula is C23H23ClN6OS. The van der Waals surface area contributed by atoms with E-state index in [0.717, 1.165) is 41.6 Å². The Balaban J connectivity index is 0.00000245. The third kappa shape index (κ3) is 4.88. The molecule has 4 aromatic rings.